The summed E-state index contributed by atoms with van der Waals surface area (Å²) in [5.41, 5.74) is 2.85. The molecule has 2 heterocycles. The first kappa shape index (κ1) is 17.9. The number of halogens is 1. The maximum Gasteiger partial charge on any atom is 0.414 e. The fourth-order valence-corrected chi connectivity index (χ4v) is 3.79. The number of carbonyl (C=O) groups is 2. The van der Waals surface area contributed by atoms with Crippen LogP contribution in [-0.2, 0) is 22.4 Å². The minimum absolute atomic E-state index is 0.00565. The minimum atomic E-state index is -0.410. The SMILES string of the molecule is Cc1nc2c([nH]1)CC(C(=O)NCC1CN(c3ccc(Cl)cc3)C(=O)O1)CC2. The van der Waals surface area contributed by atoms with E-state index in [-0.39, 0.29) is 17.9 Å². The lowest BCUT2D eigenvalue weighted by atomic mass is 9.89. The first-order valence-corrected chi connectivity index (χ1v) is 9.43. The fourth-order valence-electron chi connectivity index (χ4n) is 3.67. The lowest BCUT2D eigenvalue weighted by molar-refractivity contribution is -0.125. The molecule has 1 aromatic carbocycles. The first-order chi connectivity index (χ1) is 13.0. The molecule has 1 fully saturated rings. The molecule has 2 amide bonds. The number of aryl methyl sites for hydroxylation is 2. The molecule has 1 aromatic heterocycles. The van der Waals surface area contributed by atoms with Crippen molar-refractivity contribution in [2.75, 3.05) is 18.0 Å². The number of amides is 2. The van der Waals surface area contributed by atoms with E-state index < -0.39 is 6.09 Å². The number of rotatable bonds is 4. The number of hydrogen-bond acceptors (Lipinski definition) is 4. The van der Waals surface area contributed by atoms with Gasteiger partial charge in [-0.1, -0.05) is 11.6 Å². The summed E-state index contributed by atoms with van der Waals surface area (Å²) in [6.45, 7) is 2.63. The Morgan fingerprint density at radius 3 is 2.96 bits per heavy atom. The van der Waals surface area contributed by atoms with Crippen LogP contribution in [0.5, 0.6) is 0 Å². The van der Waals surface area contributed by atoms with Gasteiger partial charge in [-0.05, 0) is 44.0 Å². The lowest BCUT2D eigenvalue weighted by Crippen LogP contribution is -2.39. The number of aromatic amines is 1. The Balaban J connectivity index is 1.31. The quantitative estimate of drug-likeness (QED) is 0.842. The third kappa shape index (κ3) is 3.78. The zero-order valence-electron chi connectivity index (χ0n) is 15.0. The smallest absolute Gasteiger partial charge is 0.414 e. The van der Waals surface area contributed by atoms with E-state index in [1.54, 1.807) is 29.2 Å². The molecule has 0 radical (unpaired) electrons. The number of aromatic nitrogens is 2. The van der Waals surface area contributed by atoms with Gasteiger partial charge < -0.3 is 15.0 Å². The molecule has 0 saturated carbocycles. The number of fused-ring (bicyclic) bond motifs is 1. The molecule has 2 aromatic rings. The van der Waals surface area contributed by atoms with Crippen molar-refractivity contribution in [2.24, 2.45) is 5.92 Å². The van der Waals surface area contributed by atoms with Gasteiger partial charge in [0.25, 0.3) is 0 Å². The Morgan fingerprint density at radius 2 is 2.19 bits per heavy atom. The van der Waals surface area contributed by atoms with E-state index in [9.17, 15) is 9.59 Å². The van der Waals surface area contributed by atoms with Gasteiger partial charge >= 0.3 is 6.09 Å². The van der Waals surface area contributed by atoms with Crippen molar-refractivity contribution in [3.05, 3.63) is 46.5 Å². The van der Waals surface area contributed by atoms with Crippen molar-refractivity contribution in [2.45, 2.75) is 32.3 Å². The van der Waals surface area contributed by atoms with Crippen LogP contribution >= 0.6 is 11.6 Å². The van der Waals surface area contributed by atoms with Crippen LogP contribution in [0.25, 0.3) is 0 Å². The van der Waals surface area contributed by atoms with Gasteiger partial charge in [0.2, 0.25) is 5.91 Å². The molecular formula is C19H21ClN4O3. The lowest BCUT2D eigenvalue weighted by Gasteiger charge is -2.21. The monoisotopic (exact) mass is 388 g/mol. The van der Waals surface area contributed by atoms with Gasteiger partial charge in [0.1, 0.15) is 11.9 Å². The van der Waals surface area contributed by atoms with Crippen molar-refractivity contribution in [1.29, 1.82) is 0 Å². The minimum Gasteiger partial charge on any atom is -0.442 e. The number of benzene rings is 1. The van der Waals surface area contributed by atoms with E-state index in [2.05, 4.69) is 15.3 Å². The number of hydrogen-bond donors (Lipinski definition) is 2. The number of cyclic esters (lactones) is 1. The molecular weight excluding hydrogens is 368 g/mol. The second kappa shape index (κ2) is 7.23. The Kier molecular flexibility index (Phi) is 4.78. The van der Waals surface area contributed by atoms with E-state index in [1.165, 1.54) is 0 Å². The molecule has 0 bridgehead atoms. The van der Waals surface area contributed by atoms with Gasteiger partial charge in [0.15, 0.2) is 0 Å². The molecule has 1 aliphatic heterocycles. The average molecular weight is 389 g/mol. The van der Waals surface area contributed by atoms with Gasteiger partial charge in [-0.2, -0.15) is 0 Å². The fraction of sp³-hybridized carbons (Fsp3) is 0.421. The van der Waals surface area contributed by atoms with Crippen LogP contribution in [0.2, 0.25) is 5.02 Å². The van der Waals surface area contributed by atoms with Gasteiger partial charge in [-0.3, -0.25) is 9.69 Å². The highest BCUT2D eigenvalue weighted by Gasteiger charge is 2.33. The standard InChI is InChI=1S/C19H21ClN4O3/c1-11-22-16-7-2-12(8-17(16)23-11)18(25)21-9-15-10-24(19(26)27-15)14-5-3-13(20)4-6-14/h3-6,12,15H,2,7-10H2,1H3,(H,21,25)(H,22,23). The summed E-state index contributed by atoms with van der Waals surface area (Å²) in [5, 5.41) is 3.54. The summed E-state index contributed by atoms with van der Waals surface area (Å²) in [6, 6.07) is 7.01. The van der Waals surface area contributed by atoms with Crippen LogP contribution in [-0.4, -0.2) is 41.2 Å². The van der Waals surface area contributed by atoms with Crippen molar-refractivity contribution in [3.63, 3.8) is 0 Å². The number of anilines is 1. The Bertz CT molecular complexity index is 864. The van der Waals surface area contributed by atoms with Gasteiger partial charge in [-0.25, -0.2) is 9.78 Å². The predicted octanol–water partition coefficient (Wildman–Crippen LogP) is 2.62. The Hall–Kier alpha value is -2.54. The molecule has 7 nitrogen and oxygen atoms in total. The molecule has 8 heteroatoms. The molecule has 142 valence electrons. The predicted molar refractivity (Wildman–Crippen MR) is 101 cm³/mol. The second-order valence-corrected chi connectivity index (χ2v) is 7.46. The number of ether oxygens (including phenoxy) is 1. The molecule has 4 rings (SSSR count). The van der Waals surface area contributed by atoms with E-state index in [0.717, 1.165) is 35.7 Å². The highest BCUT2D eigenvalue weighted by atomic mass is 35.5. The average Bonchev–Trinajstić information content (AvgIpc) is 3.21. The number of carbonyl (C=O) groups excluding carboxylic acids is 2. The number of nitrogens with one attached hydrogen (secondary N) is 2. The van der Waals surface area contributed by atoms with E-state index >= 15 is 0 Å². The molecule has 1 saturated heterocycles. The van der Waals surface area contributed by atoms with Crippen LogP contribution in [0.4, 0.5) is 10.5 Å². The van der Waals surface area contributed by atoms with Crippen molar-refractivity contribution >= 4 is 29.3 Å². The second-order valence-electron chi connectivity index (χ2n) is 7.03. The van der Waals surface area contributed by atoms with E-state index in [0.29, 0.717) is 24.5 Å². The molecule has 2 N–H and O–H groups in total. The van der Waals surface area contributed by atoms with Crippen LogP contribution in [0.1, 0.15) is 23.6 Å². The highest BCUT2D eigenvalue weighted by Crippen LogP contribution is 2.25. The summed E-state index contributed by atoms with van der Waals surface area (Å²) in [7, 11) is 0. The topological polar surface area (TPSA) is 87.3 Å². The first-order valence-electron chi connectivity index (χ1n) is 9.05. The third-order valence-corrected chi connectivity index (χ3v) is 5.30. The maximum atomic E-state index is 12.5. The van der Waals surface area contributed by atoms with Crippen LogP contribution < -0.4 is 10.2 Å². The molecule has 2 unspecified atom stereocenters. The number of H-pyrrole nitrogens is 1. The summed E-state index contributed by atoms with van der Waals surface area (Å²) < 4.78 is 5.38. The molecule has 27 heavy (non-hydrogen) atoms. The van der Waals surface area contributed by atoms with Crippen LogP contribution in [0.3, 0.4) is 0 Å². The largest absolute Gasteiger partial charge is 0.442 e. The van der Waals surface area contributed by atoms with E-state index in [1.807, 2.05) is 6.92 Å². The zero-order valence-corrected chi connectivity index (χ0v) is 15.8. The van der Waals surface area contributed by atoms with Crippen molar-refractivity contribution in [3.8, 4) is 0 Å². The maximum absolute atomic E-state index is 12.5. The molecule has 1 aliphatic carbocycles. The molecule has 0 spiro atoms. The van der Waals surface area contributed by atoms with Crippen LogP contribution in [0.15, 0.2) is 24.3 Å². The Morgan fingerprint density at radius 1 is 1.41 bits per heavy atom. The van der Waals surface area contributed by atoms with Gasteiger partial charge in [0, 0.05) is 28.7 Å². The molecule has 2 aliphatic rings. The van der Waals surface area contributed by atoms with Crippen molar-refractivity contribution < 1.29 is 14.3 Å². The normalized spacial score (nSPS) is 21.7. The van der Waals surface area contributed by atoms with Gasteiger partial charge in [0.05, 0.1) is 18.8 Å². The zero-order chi connectivity index (χ0) is 19.0. The summed E-state index contributed by atoms with van der Waals surface area (Å²) in [6.07, 6.45) is 1.48. The van der Waals surface area contributed by atoms with Crippen LogP contribution in [0, 0.1) is 12.8 Å². The summed E-state index contributed by atoms with van der Waals surface area (Å²) in [4.78, 5) is 33.9. The van der Waals surface area contributed by atoms with Gasteiger partial charge in [-0.15, -0.1) is 0 Å². The highest BCUT2D eigenvalue weighted by molar-refractivity contribution is 6.30. The summed E-state index contributed by atoms with van der Waals surface area (Å²) in [5.74, 6) is 0.803. The number of nitrogens with zero attached hydrogens (tertiary/aromatic N) is 2. The van der Waals surface area contributed by atoms with E-state index in [4.69, 9.17) is 16.3 Å². The van der Waals surface area contributed by atoms with Crippen molar-refractivity contribution in [1.82, 2.24) is 15.3 Å². The number of imidazole rings is 1. The molecule has 2 atom stereocenters. The third-order valence-electron chi connectivity index (χ3n) is 5.05. The summed E-state index contributed by atoms with van der Waals surface area (Å²) >= 11 is 5.89. The Labute approximate surface area is 162 Å².